The summed E-state index contributed by atoms with van der Waals surface area (Å²) in [5.41, 5.74) is 1.77. The number of sulfonamides is 1. The summed E-state index contributed by atoms with van der Waals surface area (Å²) in [5, 5.41) is 1.95. The van der Waals surface area contributed by atoms with Gasteiger partial charge in [-0.2, -0.15) is 0 Å². The Bertz CT molecular complexity index is 1420. The van der Waals surface area contributed by atoms with Crippen LogP contribution in [0.15, 0.2) is 75.2 Å². The zero-order valence-corrected chi connectivity index (χ0v) is 20.5. The van der Waals surface area contributed by atoms with Crippen molar-refractivity contribution in [1.82, 2.24) is 9.29 Å². The first-order valence-corrected chi connectivity index (χ1v) is 12.8. The molecule has 1 aromatic heterocycles. The molecule has 1 atom stereocenters. The summed E-state index contributed by atoms with van der Waals surface area (Å²) in [6.07, 6.45) is 0. The number of rotatable bonds is 7. The van der Waals surface area contributed by atoms with Crippen LogP contribution in [0.4, 0.5) is 5.69 Å². The average molecular weight is 484 g/mol. The summed E-state index contributed by atoms with van der Waals surface area (Å²) in [5.74, 6) is -0.0583. The number of hydrogen-bond donors (Lipinski definition) is 0. The smallest absolute Gasteiger partial charge is 0.257 e. The van der Waals surface area contributed by atoms with Crippen molar-refractivity contribution < 1.29 is 17.6 Å². The summed E-state index contributed by atoms with van der Waals surface area (Å²) in [6, 6.07) is 18.5. The second-order valence-electron chi connectivity index (χ2n) is 7.74. The number of fused-ring (bicyclic) bond motifs is 2. The van der Waals surface area contributed by atoms with Crippen molar-refractivity contribution in [1.29, 1.82) is 0 Å². The lowest BCUT2D eigenvalue weighted by Crippen LogP contribution is -2.36. The van der Waals surface area contributed by atoms with Gasteiger partial charge in [-0.1, -0.05) is 48.2 Å². The highest BCUT2D eigenvalue weighted by Crippen LogP contribution is 2.32. The summed E-state index contributed by atoms with van der Waals surface area (Å²) in [7, 11) is -0.618. The van der Waals surface area contributed by atoms with Gasteiger partial charge in [-0.05, 0) is 43.5 Å². The second kappa shape index (κ2) is 9.17. The highest BCUT2D eigenvalue weighted by molar-refractivity contribution is 8.00. The van der Waals surface area contributed by atoms with Crippen molar-refractivity contribution in [3.05, 3.63) is 60.7 Å². The van der Waals surface area contributed by atoms with Crippen LogP contribution in [0.2, 0.25) is 0 Å². The van der Waals surface area contributed by atoms with Crippen LogP contribution in [0.3, 0.4) is 0 Å². The maximum absolute atomic E-state index is 13.3. The molecule has 1 heterocycles. The van der Waals surface area contributed by atoms with Crippen LogP contribution in [-0.4, -0.2) is 49.5 Å². The fourth-order valence-corrected chi connectivity index (χ4v) is 5.36. The Morgan fingerprint density at radius 3 is 2.55 bits per heavy atom. The molecule has 9 heteroatoms. The van der Waals surface area contributed by atoms with E-state index < -0.39 is 15.3 Å². The van der Waals surface area contributed by atoms with Crippen molar-refractivity contribution in [2.45, 2.75) is 29.2 Å². The predicted molar refractivity (Wildman–Crippen MR) is 132 cm³/mol. The molecule has 0 N–H and O–H groups in total. The monoisotopic (exact) mass is 483 g/mol. The standard InChI is InChI=1S/C24H25N3O4S2/c1-5-27(21-12-8-10-17-9-6-7-11-19(17)21)23(28)16(2)32-24-25-20-15-18(13-14-22(20)31-24)33(29,30)26(3)4/h6-16H,5H2,1-4H3/t16-/m1/s1. The molecule has 0 aliphatic rings. The Kier molecular flexibility index (Phi) is 6.47. The largest absolute Gasteiger partial charge is 0.431 e. The molecule has 0 saturated carbocycles. The molecule has 3 aromatic carbocycles. The van der Waals surface area contributed by atoms with Gasteiger partial charge in [0.2, 0.25) is 15.9 Å². The van der Waals surface area contributed by atoms with E-state index in [0.717, 1.165) is 20.8 Å². The van der Waals surface area contributed by atoms with Crippen LogP contribution in [0, 0.1) is 0 Å². The molecule has 7 nitrogen and oxygen atoms in total. The number of nitrogens with zero attached hydrogens (tertiary/aromatic N) is 3. The Morgan fingerprint density at radius 1 is 1.09 bits per heavy atom. The number of benzene rings is 3. The number of carbonyl (C=O) groups excluding carboxylic acids is 1. The summed E-state index contributed by atoms with van der Waals surface area (Å²) >= 11 is 1.21. The van der Waals surface area contributed by atoms with Crippen LogP contribution >= 0.6 is 11.8 Å². The molecule has 0 bridgehead atoms. The fourth-order valence-electron chi connectivity index (χ4n) is 3.62. The first-order chi connectivity index (χ1) is 15.7. The van der Waals surface area contributed by atoms with E-state index in [-0.39, 0.29) is 10.8 Å². The van der Waals surface area contributed by atoms with Gasteiger partial charge in [-0.25, -0.2) is 17.7 Å². The van der Waals surface area contributed by atoms with E-state index in [2.05, 4.69) is 4.98 Å². The fraction of sp³-hybridized carbons (Fsp3) is 0.250. The minimum atomic E-state index is -3.57. The average Bonchev–Trinajstić information content (AvgIpc) is 3.21. The first kappa shape index (κ1) is 23.3. The van der Waals surface area contributed by atoms with E-state index in [1.54, 1.807) is 11.0 Å². The third-order valence-electron chi connectivity index (χ3n) is 5.38. The second-order valence-corrected chi connectivity index (χ2v) is 11.2. The number of carbonyl (C=O) groups is 1. The normalized spacial score (nSPS) is 13.0. The summed E-state index contributed by atoms with van der Waals surface area (Å²) < 4.78 is 31.7. The van der Waals surface area contributed by atoms with Crippen LogP contribution in [0.25, 0.3) is 21.9 Å². The molecular formula is C24H25N3O4S2. The lowest BCUT2D eigenvalue weighted by molar-refractivity contribution is -0.117. The van der Waals surface area contributed by atoms with Crippen molar-refractivity contribution in [2.75, 3.05) is 25.5 Å². The maximum Gasteiger partial charge on any atom is 0.257 e. The third-order valence-corrected chi connectivity index (χ3v) is 8.13. The Balaban J connectivity index is 1.59. The molecule has 4 aromatic rings. The highest BCUT2D eigenvalue weighted by Gasteiger charge is 2.25. The van der Waals surface area contributed by atoms with Crippen LogP contribution in [0.5, 0.6) is 0 Å². The van der Waals surface area contributed by atoms with Crippen molar-refractivity contribution in [3.8, 4) is 0 Å². The minimum Gasteiger partial charge on any atom is -0.431 e. The number of aromatic nitrogens is 1. The van der Waals surface area contributed by atoms with Gasteiger partial charge in [0.15, 0.2) is 5.58 Å². The van der Waals surface area contributed by atoms with E-state index in [4.69, 9.17) is 4.42 Å². The quantitative estimate of drug-likeness (QED) is 0.352. The molecule has 0 spiro atoms. The zero-order valence-electron chi connectivity index (χ0n) is 18.8. The lowest BCUT2D eigenvalue weighted by Gasteiger charge is -2.25. The molecule has 0 saturated heterocycles. The van der Waals surface area contributed by atoms with Gasteiger partial charge in [0, 0.05) is 26.0 Å². The van der Waals surface area contributed by atoms with Crippen molar-refractivity contribution in [2.24, 2.45) is 0 Å². The number of oxazole rings is 1. The van der Waals surface area contributed by atoms with Crippen LogP contribution < -0.4 is 4.90 Å². The van der Waals surface area contributed by atoms with Gasteiger partial charge in [-0.15, -0.1) is 0 Å². The van der Waals surface area contributed by atoms with E-state index in [0.29, 0.717) is 22.9 Å². The molecule has 0 unspecified atom stereocenters. The molecule has 0 radical (unpaired) electrons. The molecule has 1 amide bonds. The molecule has 172 valence electrons. The zero-order chi connectivity index (χ0) is 23.8. The first-order valence-electron chi connectivity index (χ1n) is 10.5. The van der Waals surface area contributed by atoms with Crippen LogP contribution in [0.1, 0.15) is 13.8 Å². The van der Waals surface area contributed by atoms with Gasteiger partial charge < -0.3 is 9.32 Å². The van der Waals surface area contributed by atoms with Gasteiger partial charge >= 0.3 is 0 Å². The summed E-state index contributed by atoms with van der Waals surface area (Å²) in [6.45, 7) is 4.29. The Hall–Kier alpha value is -2.88. The molecule has 4 rings (SSSR count). The van der Waals surface area contributed by atoms with E-state index in [1.165, 1.54) is 38.0 Å². The third kappa shape index (κ3) is 4.48. The molecule has 0 fully saturated rings. The number of amides is 1. The molecular weight excluding hydrogens is 458 g/mol. The van der Waals surface area contributed by atoms with Crippen molar-refractivity contribution in [3.63, 3.8) is 0 Å². The van der Waals surface area contributed by atoms with E-state index in [9.17, 15) is 13.2 Å². The van der Waals surface area contributed by atoms with Gasteiger partial charge in [-0.3, -0.25) is 4.79 Å². The number of anilines is 1. The topological polar surface area (TPSA) is 83.7 Å². The number of thioether (sulfide) groups is 1. The Morgan fingerprint density at radius 2 is 1.82 bits per heavy atom. The van der Waals surface area contributed by atoms with Gasteiger partial charge in [0.05, 0.1) is 15.8 Å². The van der Waals surface area contributed by atoms with E-state index >= 15 is 0 Å². The predicted octanol–water partition coefficient (Wildman–Crippen LogP) is 4.77. The summed E-state index contributed by atoms with van der Waals surface area (Å²) in [4.78, 5) is 19.7. The lowest BCUT2D eigenvalue weighted by atomic mass is 10.1. The van der Waals surface area contributed by atoms with Crippen LogP contribution in [-0.2, 0) is 14.8 Å². The minimum absolute atomic E-state index is 0.0583. The SMILES string of the molecule is CCN(C(=O)[C@@H](C)Sc1nc2cc(S(=O)(=O)N(C)C)ccc2o1)c1cccc2ccccc12. The van der Waals surface area contributed by atoms with Gasteiger partial charge in [0.25, 0.3) is 5.22 Å². The molecule has 0 aliphatic carbocycles. The van der Waals surface area contributed by atoms with Crippen molar-refractivity contribution >= 4 is 55.3 Å². The number of hydrogen-bond acceptors (Lipinski definition) is 6. The highest BCUT2D eigenvalue weighted by atomic mass is 32.2. The molecule has 33 heavy (non-hydrogen) atoms. The maximum atomic E-state index is 13.3. The Labute approximate surface area is 197 Å². The van der Waals surface area contributed by atoms with E-state index in [1.807, 2.05) is 56.3 Å². The molecule has 0 aliphatic heterocycles. The van der Waals surface area contributed by atoms with Gasteiger partial charge in [0.1, 0.15) is 5.52 Å².